The largest absolute Gasteiger partial charge is 0.352 e. The van der Waals surface area contributed by atoms with Crippen molar-refractivity contribution in [2.45, 2.75) is 52.2 Å². The highest BCUT2D eigenvalue weighted by Gasteiger charge is 2.33. The second-order valence-electron chi connectivity index (χ2n) is 8.33. The van der Waals surface area contributed by atoms with E-state index >= 15 is 0 Å². The molecule has 0 aliphatic rings. The van der Waals surface area contributed by atoms with E-state index in [0.717, 1.165) is 10.6 Å². The first-order valence-corrected chi connectivity index (χ1v) is 14.6. The molecule has 0 radical (unpaired) electrons. The van der Waals surface area contributed by atoms with E-state index in [1.807, 2.05) is 13.8 Å². The van der Waals surface area contributed by atoms with Crippen molar-refractivity contribution in [2.24, 2.45) is 0 Å². The van der Waals surface area contributed by atoms with Crippen molar-refractivity contribution >= 4 is 73.9 Å². The van der Waals surface area contributed by atoms with E-state index in [-0.39, 0.29) is 40.6 Å². The number of rotatable bonds is 11. The molecule has 0 unspecified atom stereocenters. The Bertz CT molecular complexity index is 1190. The van der Waals surface area contributed by atoms with Crippen molar-refractivity contribution in [1.29, 1.82) is 0 Å². The molecule has 2 aromatic carbocycles. The fraction of sp³-hybridized carbons (Fsp3) is 0.417. The standard InChI is InChI=1S/C24H29Cl4N3O4S/c1-5-15(3)29-24(33)21(6-2)30(13-17-18(26)8-7-9-19(17)27)23(32)14-31(36(4,34)35)22-12-16(25)10-11-20(22)28/h7-12,15,21H,5-6,13-14H2,1-4H3,(H,29,33)/t15-,21+/m0/s1. The normalized spacial score (nSPS) is 13.1. The summed E-state index contributed by atoms with van der Waals surface area (Å²) in [5, 5.41) is 3.87. The average Bonchev–Trinajstić information content (AvgIpc) is 2.79. The van der Waals surface area contributed by atoms with Crippen LogP contribution in [0.3, 0.4) is 0 Å². The number of hydrogen-bond donors (Lipinski definition) is 1. The zero-order valence-corrected chi connectivity index (χ0v) is 24.2. The minimum absolute atomic E-state index is 0.0489. The van der Waals surface area contributed by atoms with E-state index in [4.69, 9.17) is 46.4 Å². The molecule has 0 saturated heterocycles. The Morgan fingerprint density at radius 1 is 0.972 bits per heavy atom. The maximum absolute atomic E-state index is 13.7. The van der Waals surface area contributed by atoms with E-state index in [1.165, 1.54) is 23.1 Å². The third-order valence-electron chi connectivity index (χ3n) is 5.63. The van der Waals surface area contributed by atoms with Gasteiger partial charge in [0, 0.05) is 33.2 Å². The van der Waals surface area contributed by atoms with Crippen LogP contribution >= 0.6 is 46.4 Å². The molecule has 2 aromatic rings. The van der Waals surface area contributed by atoms with Gasteiger partial charge in [-0.3, -0.25) is 13.9 Å². The van der Waals surface area contributed by atoms with Crippen molar-refractivity contribution in [2.75, 3.05) is 17.1 Å². The first-order chi connectivity index (χ1) is 16.8. The summed E-state index contributed by atoms with van der Waals surface area (Å²) in [4.78, 5) is 28.2. The van der Waals surface area contributed by atoms with Crippen LogP contribution in [0.1, 0.15) is 39.2 Å². The Balaban J connectivity index is 2.55. The number of benzene rings is 2. The summed E-state index contributed by atoms with van der Waals surface area (Å²) in [6.45, 7) is 4.82. The second-order valence-corrected chi connectivity index (χ2v) is 11.9. The van der Waals surface area contributed by atoms with Gasteiger partial charge in [0.05, 0.1) is 17.0 Å². The maximum atomic E-state index is 13.7. The molecule has 1 N–H and O–H groups in total. The molecule has 12 heteroatoms. The highest BCUT2D eigenvalue weighted by molar-refractivity contribution is 7.92. The van der Waals surface area contributed by atoms with Crippen molar-refractivity contribution in [1.82, 2.24) is 10.2 Å². The Morgan fingerprint density at radius 3 is 2.11 bits per heavy atom. The van der Waals surface area contributed by atoms with E-state index in [0.29, 0.717) is 22.0 Å². The van der Waals surface area contributed by atoms with Gasteiger partial charge in [0.15, 0.2) is 0 Å². The van der Waals surface area contributed by atoms with Crippen LogP contribution in [0.25, 0.3) is 0 Å². The number of nitrogens with one attached hydrogen (secondary N) is 1. The number of carbonyl (C=O) groups excluding carboxylic acids is 2. The van der Waals surface area contributed by atoms with Crippen LogP contribution in [-0.4, -0.2) is 50.0 Å². The highest BCUT2D eigenvalue weighted by Crippen LogP contribution is 2.32. The Hall–Kier alpha value is -1.71. The predicted molar refractivity (Wildman–Crippen MR) is 148 cm³/mol. The van der Waals surface area contributed by atoms with Gasteiger partial charge < -0.3 is 10.2 Å². The third kappa shape index (κ3) is 7.89. The van der Waals surface area contributed by atoms with E-state index in [1.54, 1.807) is 25.1 Å². The van der Waals surface area contributed by atoms with Crippen LogP contribution in [0.5, 0.6) is 0 Å². The minimum atomic E-state index is -3.96. The van der Waals surface area contributed by atoms with E-state index < -0.39 is 28.5 Å². The van der Waals surface area contributed by atoms with Gasteiger partial charge in [0.1, 0.15) is 12.6 Å². The highest BCUT2D eigenvalue weighted by atomic mass is 35.5. The molecule has 198 valence electrons. The van der Waals surface area contributed by atoms with Crippen LogP contribution in [0.4, 0.5) is 5.69 Å². The Morgan fingerprint density at radius 2 is 1.58 bits per heavy atom. The molecule has 0 fully saturated rings. The number of amides is 2. The molecule has 0 saturated carbocycles. The quantitative estimate of drug-likeness (QED) is 0.356. The van der Waals surface area contributed by atoms with Crippen molar-refractivity contribution in [3.05, 3.63) is 62.1 Å². The van der Waals surface area contributed by atoms with Crippen LogP contribution < -0.4 is 9.62 Å². The molecule has 0 bridgehead atoms. The molecule has 0 aliphatic carbocycles. The van der Waals surface area contributed by atoms with Gasteiger partial charge in [-0.2, -0.15) is 0 Å². The first kappa shape index (κ1) is 30.5. The molecule has 0 aliphatic heterocycles. The lowest BCUT2D eigenvalue weighted by Gasteiger charge is -2.34. The number of sulfonamides is 1. The maximum Gasteiger partial charge on any atom is 0.244 e. The van der Waals surface area contributed by atoms with Crippen molar-refractivity contribution < 1.29 is 18.0 Å². The van der Waals surface area contributed by atoms with Gasteiger partial charge in [-0.05, 0) is 50.1 Å². The van der Waals surface area contributed by atoms with E-state index in [9.17, 15) is 18.0 Å². The first-order valence-electron chi connectivity index (χ1n) is 11.3. The zero-order valence-electron chi connectivity index (χ0n) is 20.4. The number of hydrogen-bond acceptors (Lipinski definition) is 4. The van der Waals surface area contributed by atoms with Crippen molar-refractivity contribution in [3.63, 3.8) is 0 Å². The third-order valence-corrected chi connectivity index (χ3v) is 8.02. The number of nitrogens with zero attached hydrogens (tertiary/aromatic N) is 2. The number of carbonyl (C=O) groups is 2. The Kier molecular flexibility index (Phi) is 11.2. The second kappa shape index (κ2) is 13.2. The molecule has 0 spiro atoms. The summed E-state index contributed by atoms with van der Waals surface area (Å²) in [6, 6.07) is 8.20. The summed E-state index contributed by atoms with van der Waals surface area (Å²) in [5.74, 6) is -1.01. The molecular weight excluding hydrogens is 568 g/mol. The molecule has 0 aromatic heterocycles. The summed E-state index contributed by atoms with van der Waals surface area (Å²) in [6.07, 6.45) is 1.92. The monoisotopic (exact) mass is 595 g/mol. The van der Waals surface area contributed by atoms with Gasteiger partial charge >= 0.3 is 0 Å². The van der Waals surface area contributed by atoms with Gasteiger partial charge in [-0.1, -0.05) is 66.3 Å². The molecule has 7 nitrogen and oxygen atoms in total. The van der Waals surface area contributed by atoms with Crippen molar-refractivity contribution in [3.8, 4) is 0 Å². The summed E-state index contributed by atoms with van der Waals surface area (Å²) < 4.78 is 26.3. The number of anilines is 1. The number of halogens is 4. The van der Waals surface area contributed by atoms with Gasteiger partial charge in [-0.15, -0.1) is 0 Å². The minimum Gasteiger partial charge on any atom is -0.352 e. The summed E-state index contributed by atoms with van der Waals surface area (Å²) in [5.41, 5.74) is 0.489. The van der Waals surface area contributed by atoms with Crippen LogP contribution in [0, 0.1) is 0 Å². The zero-order chi connectivity index (χ0) is 27.2. The lowest BCUT2D eigenvalue weighted by molar-refractivity contribution is -0.140. The van der Waals surface area contributed by atoms with Crippen LogP contribution in [-0.2, 0) is 26.2 Å². The predicted octanol–water partition coefficient (Wildman–Crippen LogP) is 5.79. The SMILES string of the molecule is CC[C@H](C(=O)N[C@@H](C)CC)N(Cc1c(Cl)cccc1Cl)C(=O)CN(c1cc(Cl)ccc1Cl)S(C)(=O)=O. The fourth-order valence-electron chi connectivity index (χ4n) is 3.49. The van der Waals surface area contributed by atoms with Gasteiger partial charge in [-0.25, -0.2) is 8.42 Å². The topological polar surface area (TPSA) is 86.8 Å². The van der Waals surface area contributed by atoms with Gasteiger partial charge in [0.25, 0.3) is 0 Å². The van der Waals surface area contributed by atoms with E-state index in [2.05, 4.69) is 5.32 Å². The van der Waals surface area contributed by atoms with Gasteiger partial charge in [0.2, 0.25) is 21.8 Å². The lowest BCUT2D eigenvalue weighted by atomic mass is 10.1. The summed E-state index contributed by atoms with van der Waals surface area (Å²) >= 11 is 25.1. The lowest BCUT2D eigenvalue weighted by Crippen LogP contribution is -2.53. The molecule has 2 rings (SSSR count). The van der Waals surface area contributed by atoms with Crippen LogP contribution in [0.15, 0.2) is 36.4 Å². The molecule has 0 heterocycles. The smallest absolute Gasteiger partial charge is 0.244 e. The molecular formula is C24H29Cl4N3O4S. The summed E-state index contributed by atoms with van der Waals surface area (Å²) in [7, 11) is -3.96. The average molecular weight is 597 g/mol. The van der Waals surface area contributed by atoms with Crippen LogP contribution in [0.2, 0.25) is 20.1 Å². The molecule has 2 amide bonds. The Labute approximate surface area is 232 Å². The fourth-order valence-corrected chi connectivity index (χ4v) is 5.29. The molecule has 36 heavy (non-hydrogen) atoms. The molecule has 2 atom stereocenters.